The molecule has 0 saturated carbocycles. The summed E-state index contributed by atoms with van der Waals surface area (Å²) in [4.78, 5) is 12.0. The number of carbonyl (C=O) groups is 1. The molecule has 0 saturated heterocycles. The second kappa shape index (κ2) is 5.14. The monoisotopic (exact) mass is 252 g/mol. The highest BCUT2D eigenvalue weighted by Gasteiger charge is 2.20. The van der Waals surface area contributed by atoms with Gasteiger partial charge in [0.2, 0.25) is 6.79 Å². The van der Waals surface area contributed by atoms with Gasteiger partial charge < -0.3 is 25.6 Å². The van der Waals surface area contributed by atoms with Crippen LogP contribution in [0.5, 0.6) is 11.5 Å². The Morgan fingerprint density at radius 1 is 1.50 bits per heavy atom. The van der Waals surface area contributed by atoms with Crippen molar-refractivity contribution in [1.82, 2.24) is 5.32 Å². The van der Waals surface area contributed by atoms with Gasteiger partial charge in [0, 0.05) is 11.8 Å². The Bertz CT molecular complexity index is 458. The number of anilines is 1. The lowest BCUT2D eigenvalue weighted by Gasteiger charge is -2.15. The second-order valence-electron chi connectivity index (χ2n) is 4.05. The number of aliphatic hydroxyl groups excluding tert-OH is 1. The molecule has 0 unspecified atom stereocenters. The van der Waals surface area contributed by atoms with Gasteiger partial charge in [-0.2, -0.15) is 0 Å². The summed E-state index contributed by atoms with van der Waals surface area (Å²) in [5, 5.41) is 11.8. The van der Waals surface area contributed by atoms with Crippen LogP contribution in [-0.2, 0) is 0 Å². The molecule has 0 radical (unpaired) electrons. The van der Waals surface area contributed by atoms with E-state index in [1.807, 2.05) is 6.92 Å². The molecule has 0 fully saturated rings. The predicted molar refractivity (Wildman–Crippen MR) is 65.6 cm³/mol. The fourth-order valence-corrected chi connectivity index (χ4v) is 1.69. The van der Waals surface area contributed by atoms with Gasteiger partial charge in [0.1, 0.15) is 0 Å². The maximum atomic E-state index is 12.0. The molecule has 98 valence electrons. The van der Waals surface area contributed by atoms with Gasteiger partial charge in [0.25, 0.3) is 5.91 Å². The smallest absolute Gasteiger partial charge is 0.253 e. The van der Waals surface area contributed by atoms with E-state index in [1.165, 1.54) is 0 Å². The normalized spacial score (nSPS) is 14.3. The second-order valence-corrected chi connectivity index (χ2v) is 4.05. The fourth-order valence-electron chi connectivity index (χ4n) is 1.69. The molecule has 0 aliphatic carbocycles. The molecular weight excluding hydrogens is 236 g/mol. The number of nitrogens with one attached hydrogen (secondary N) is 1. The number of aliphatic hydroxyl groups is 1. The average Bonchev–Trinajstić information content (AvgIpc) is 2.81. The van der Waals surface area contributed by atoms with E-state index in [0.29, 0.717) is 29.2 Å². The predicted octanol–water partition coefficient (Wildman–Crippen LogP) is 0.498. The molecule has 18 heavy (non-hydrogen) atoms. The molecule has 1 amide bonds. The molecule has 0 spiro atoms. The molecule has 4 N–H and O–H groups in total. The highest BCUT2D eigenvalue weighted by Crippen LogP contribution is 2.35. The van der Waals surface area contributed by atoms with Crippen molar-refractivity contribution in [3.05, 3.63) is 17.7 Å². The highest BCUT2D eigenvalue weighted by atomic mass is 16.7. The van der Waals surface area contributed by atoms with Crippen molar-refractivity contribution in [2.24, 2.45) is 0 Å². The highest BCUT2D eigenvalue weighted by molar-refractivity contribution is 6.00. The third kappa shape index (κ3) is 2.33. The fraction of sp³-hybridized carbons (Fsp3) is 0.417. The van der Waals surface area contributed by atoms with Gasteiger partial charge >= 0.3 is 0 Å². The number of hydrogen-bond acceptors (Lipinski definition) is 5. The van der Waals surface area contributed by atoms with Crippen LogP contribution in [0.3, 0.4) is 0 Å². The molecule has 1 aromatic carbocycles. The first-order valence-electron chi connectivity index (χ1n) is 5.76. The van der Waals surface area contributed by atoms with Gasteiger partial charge in [0.15, 0.2) is 11.5 Å². The van der Waals surface area contributed by atoms with Crippen LogP contribution in [0, 0.1) is 0 Å². The van der Waals surface area contributed by atoms with Crippen molar-refractivity contribution in [2.45, 2.75) is 19.4 Å². The van der Waals surface area contributed by atoms with E-state index >= 15 is 0 Å². The largest absolute Gasteiger partial charge is 0.454 e. The molecule has 0 aromatic heterocycles. The van der Waals surface area contributed by atoms with E-state index in [2.05, 4.69) is 5.32 Å². The van der Waals surface area contributed by atoms with Crippen LogP contribution in [0.15, 0.2) is 12.1 Å². The molecule has 1 atom stereocenters. The van der Waals surface area contributed by atoms with Crippen LogP contribution < -0.4 is 20.5 Å². The molecule has 1 aliphatic heterocycles. The van der Waals surface area contributed by atoms with E-state index < -0.39 is 0 Å². The van der Waals surface area contributed by atoms with Crippen molar-refractivity contribution in [2.75, 3.05) is 19.1 Å². The maximum absolute atomic E-state index is 12.0. The average molecular weight is 252 g/mol. The minimum absolute atomic E-state index is 0.104. The van der Waals surface area contributed by atoms with Gasteiger partial charge in [-0.1, -0.05) is 6.92 Å². The molecule has 6 heteroatoms. The number of ether oxygens (including phenoxy) is 2. The first-order chi connectivity index (χ1) is 8.65. The lowest BCUT2D eigenvalue weighted by atomic mass is 10.1. The molecular formula is C12H16N2O4. The van der Waals surface area contributed by atoms with Crippen LogP contribution in [0.25, 0.3) is 0 Å². The number of fused-ring (bicyclic) bond motifs is 1. The Balaban J connectivity index is 2.20. The summed E-state index contributed by atoms with van der Waals surface area (Å²) in [6.07, 6.45) is 0.646. The minimum Gasteiger partial charge on any atom is -0.454 e. The van der Waals surface area contributed by atoms with E-state index in [-0.39, 0.29) is 25.3 Å². The number of nitrogens with two attached hydrogens (primary N) is 1. The van der Waals surface area contributed by atoms with Crippen LogP contribution in [0.4, 0.5) is 5.69 Å². The van der Waals surface area contributed by atoms with Crippen molar-refractivity contribution >= 4 is 11.6 Å². The zero-order chi connectivity index (χ0) is 13.1. The molecule has 6 nitrogen and oxygen atoms in total. The summed E-state index contributed by atoms with van der Waals surface area (Å²) in [6, 6.07) is 2.84. The summed E-state index contributed by atoms with van der Waals surface area (Å²) in [7, 11) is 0. The van der Waals surface area contributed by atoms with Crippen molar-refractivity contribution in [3.63, 3.8) is 0 Å². The summed E-state index contributed by atoms with van der Waals surface area (Å²) >= 11 is 0. The van der Waals surface area contributed by atoms with E-state index in [0.717, 1.165) is 0 Å². The Morgan fingerprint density at radius 3 is 2.78 bits per heavy atom. The standard InChI is InChI=1S/C12H16N2O4/c1-2-7(5-15)14-12(16)8-3-10-11(4-9(8)13)18-6-17-10/h3-4,7,15H,2,5-6,13H2,1H3,(H,14,16)/t7-/m1/s1. The number of carbonyl (C=O) groups excluding carboxylic acids is 1. The van der Waals surface area contributed by atoms with Gasteiger partial charge in [-0.15, -0.1) is 0 Å². The Morgan fingerprint density at radius 2 is 2.17 bits per heavy atom. The lowest BCUT2D eigenvalue weighted by molar-refractivity contribution is 0.0915. The Kier molecular flexibility index (Phi) is 3.57. The van der Waals surface area contributed by atoms with E-state index in [1.54, 1.807) is 12.1 Å². The maximum Gasteiger partial charge on any atom is 0.253 e. The third-order valence-corrected chi connectivity index (χ3v) is 2.84. The van der Waals surface area contributed by atoms with Gasteiger partial charge in [-0.25, -0.2) is 0 Å². The van der Waals surface area contributed by atoms with Crippen LogP contribution in [0.1, 0.15) is 23.7 Å². The van der Waals surface area contributed by atoms with Gasteiger partial charge in [0.05, 0.1) is 18.2 Å². The van der Waals surface area contributed by atoms with Crippen LogP contribution in [-0.4, -0.2) is 30.5 Å². The summed E-state index contributed by atoms with van der Waals surface area (Å²) < 4.78 is 10.4. The zero-order valence-corrected chi connectivity index (χ0v) is 10.1. The molecule has 0 bridgehead atoms. The number of hydrogen-bond donors (Lipinski definition) is 3. The molecule has 2 rings (SSSR count). The number of amides is 1. The van der Waals surface area contributed by atoms with Crippen LogP contribution >= 0.6 is 0 Å². The first-order valence-corrected chi connectivity index (χ1v) is 5.76. The number of rotatable bonds is 4. The third-order valence-electron chi connectivity index (χ3n) is 2.84. The number of benzene rings is 1. The number of nitrogen functional groups attached to an aromatic ring is 1. The summed E-state index contributed by atoms with van der Waals surface area (Å²) in [6.45, 7) is 1.91. The quantitative estimate of drug-likeness (QED) is 0.678. The molecule has 1 heterocycles. The van der Waals surface area contributed by atoms with Crippen LogP contribution in [0.2, 0.25) is 0 Å². The molecule has 1 aromatic rings. The van der Waals surface area contributed by atoms with E-state index in [4.69, 9.17) is 20.3 Å². The zero-order valence-electron chi connectivity index (χ0n) is 10.1. The Hall–Kier alpha value is -1.95. The lowest BCUT2D eigenvalue weighted by Crippen LogP contribution is -2.37. The molecule has 1 aliphatic rings. The van der Waals surface area contributed by atoms with Crippen molar-refractivity contribution < 1.29 is 19.4 Å². The van der Waals surface area contributed by atoms with E-state index in [9.17, 15) is 4.79 Å². The van der Waals surface area contributed by atoms with Gasteiger partial charge in [-0.3, -0.25) is 4.79 Å². The van der Waals surface area contributed by atoms with Crippen molar-refractivity contribution in [1.29, 1.82) is 0 Å². The van der Waals surface area contributed by atoms with Gasteiger partial charge in [-0.05, 0) is 12.5 Å². The summed E-state index contributed by atoms with van der Waals surface area (Å²) in [5.74, 6) is 0.719. The first kappa shape index (κ1) is 12.5. The topological polar surface area (TPSA) is 93.8 Å². The Labute approximate surface area is 105 Å². The SMILES string of the molecule is CC[C@H](CO)NC(=O)c1cc2c(cc1N)OCO2. The minimum atomic E-state index is -0.327. The van der Waals surface area contributed by atoms with Crippen molar-refractivity contribution in [3.8, 4) is 11.5 Å². The summed E-state index contributed by atoms with van der Waals surface area (Å²) in [5.41, 5.74) is 6.44.